The Labute approximate surface area is 124 Å². The van der Waals surface area contributed by atoms with Crippen LogP contribution in [-0.4, -0.2) is 43.7 Å². The molecule has 104 valence electrons. The SMILES string of the molecule is Nc1cc(Cl)cc(Br)c1OCC(=O)N1CCOCC1. The molecule has 0 unspecified atom stereocenters. The van der Waals surface area contributed by atoms with Gasteiger partial charge in [0.2, 0.25) is 0 Å². The summed E-state index contributed by atoms with van der Waals surface area (Å²) >= 11 is 9.16. The van der Waals surface area contributed by atoms with Crippen molar-refractivity contribution in [2.45, 2.75) is 0 Å². The number of nitrogen functional groups attached to an aromatic ring is 1. The van der Waals surface area contributed by atoms with Gasteiger partial charge in [0.15, 0.2) is 12.4 Å². The molecule has 7 heteroatoms. The molecule has 1 aliphatic rings. The highest BCUT2D eigenvalue weighted by Crippen LogP contribution is 2.34. The standard InChI is InChI=1S/C12H14BrClN2O3/c13-9-5-8(14)6-10(15)12(9)19-7-11(17)16-1-3-18-4-2-16/h5-6H,1-4,7,15H2. The van der Waals surface area contributed by atoms with Crippen LogP contribution in [0.4, 0.5) is 5.69 Å². The van der Waals surface area contributed by atoms with Crippen LogP contribution in [0, 0.1) is 0 Å². The second-order valence-electron chi connectivity index (χ2n) is 4.09. The maximum Gasteiger partial charge on any atom is 0.260 e. The van der Waals surface area contributed by atoms with E-state index in [0.29, 0.717) is 47.2 Å². The number of nitrogens with two attached hydrogens (primary N) is 1. The molecule has 0 aliphatic carbocycles. The molecule has 0 saturated carbocycles. The first kappa shape index (κ1) is 14.4. The summed E-state index contributed by atoms with van der Waals surface area (Å²) in [5.74, 6) is 0.357. The Balaban J connectivity index is 1.96. The molecule has 5 nitrogen and oxygen atoms in total. The van der Waals surface area contributed by atoms with E-state index in [-0.39, 0.29) is 12.5 Å². The van der Waals surface area contributed by atoms with E-state index in [1.807, 2.05) is 0 Å². The molecule has 0 spiro atoms. The molecule has 1 amide bonds. The van der Waals surface area contributed by atoms with Crippen LogP contribution in [-0.2, 0) is 9.53 Å². The molecule has 0 atom stereocenters. The lowest BCUT2D eigenvalue weighted by atomic mass is 10.3. The number of carbonyl (C=O) groups is 1. The number of halogens is 2. The van der Waals surface area contributed by atoms with Gasteiger partial charge >= 0.3 is 0 Å². The molecule has 2 N–H and O–H groups in total. The van der Waals surface area contributed by atoms with Crippen LogP contribution < -0.4 is 10.5 Å². The lowest BCUT2D eigenvalue weighted by Crippen LogP contribution is -2.43. The van der Waals surface area contributed by atoms with Crippen molar-refractivity contribution in [3.8, 4) is 5.75 Å². The van der Waals surface area contributed by atoms with E-state index < -0.39 is 0 Å². The number of carbonyl (C=O) groups excluding carboxylic acids is 1. The summed E-state index contributed by atoms with van der Waals surface area (Å²) in [6.07, 6.45) is 0. The minimum absolute atomic E-state index is 0.0512. The number of morpholine rings is 1. The number of hydrogen-bond donors (Lipinski definition) is 1. The molecule has 1 saturated heterocycles. The van der Waals surface area contributed by atoms with Gasteiger partial charge < -0.3 is 20.1 Å². The molecule has 19 heavy (non-hydrogen) atoms. The third-order valence-corrected chi connectivity index (χ3v) is 3.55. The topological polar surface area (TPSA) is 64.8 Å². The minimum atomic E-state index is -0.0791. The summed E-state index contributed by atoms with van der Waals surface area (Å²) in [5, 5.41) is 0.510. The van der Waals surface area contributed by atoms with Gasteiger partial charge in [0.25, 0.3) is 5.91 Å². The average Bonchev–Trinajstić information content (AvgIpc) is 2.38. The summed E-state index contributed by atoms with van der Waals surface area (Å²) in [4.78, 5) is 13.6. The van der Waals surface area contributed by atoms with E-state index in [9.17, 15) is 4.79 Å². The van der Waals surface area contributed by atoms with Gasteiger partial charge in [-0.3, -0.25) is 4.79 Å². The summed E-state index contributed by atoms with van der Waals surface area (Å²) in [6, 6.07) is 3.26. The van der Waals surface area contributed by atoms with Crippen molar-refractivity contribution in [1.82, 2.24) is 4.90 Å². The quantitative estimate of drug-likeness (QED) is 0.847. The fourth-order valence-corrected chi connectivity index (χ4v) is 2.72. The van der Waals surface area contributed by atoms with Crippen molar-refractivity contribution in [3.05, 3.63) is 21.6 Å². The van der Waals surface area contributed by atoms with Crippen molar-refractivity contribution in [3.63, 3.8) is 0 Å². The molecule has 0 aromatic heterocycles. The predicted molar refractivity (Wildman–Crippen MR) is 76.5 cm³/mol. The van der Waals surface area contributed by atoms with E-state index in [1.165, 1.54) is 0 Å². The van der Waals surface area contributed by atoms with Gasteiger partial charge in [-0.15, -0.1) is 0 Å². The highest BCUT2D eigenvalue weighted by atomic mass is 79.9. The Morgan fingerprint density at radius 1 is 1.47 bits per heavy atom. The Kier molecular flexibility index (Phi) is 4.90. The average molecular weight is 350 g/mol. The van der Waals surface area contributed by atoms with Gasteiger partial charge in [0.1, 0.15) is 0 Å². The lowest BCUT2D eigenvalue weighted by Gasteiger charge is -2.26. The van der Waals surface area contributed by atoms with Crippen LogP contribution in [0.3, 0.4) is 0 Å². The molecule has 1 aromatic carbocycles. The second-order valence-corrected chi connectivity index (χ2v) is 5.38. The van der Waals surface area contributed by atoms with Crippen molar-refractivity contribution in [1.29, 1.82) is 0 Å². The van der Waals surface area contributed by atoms with Gasteiger partial charge in [-0.2, -0.15) is 0 Å². The molecule has 1 fully saturated rings. The molecule has 1 heterocycles. The zero-order valence-corrected chi connectivity index (χ0v) is 12.5. The first-order valence-corrected chi connectivity index (χ1v) is 6.98. The maximum absolute atomic E-state index is 11.9. The number of rotatable bonds is 3. The Hall–Kier alpha value is -0.980. The Bertz CT molecular complexity index is 455. The summed E-state index contributed by atoms with van der Waals surface area (Å²) in [7, 11) is 0. The van der Waals surface area contributed by atoms with Gasteiger partial charge in [-0.25, -0.2) is 0 Å². The van der Waals surface area contributed by atoms with Crippen molar-refractivity contribution >= 4 is 39.1 Å². The van der Waals surface area contributed by atoms with Crippen LogP contribution in [0.25, 0.3) is 0 Å². The van der Waals surface area contributed by atoms with Gasteiger partial charge in [0, 0.05) is 18.1 Å². The van der Waals surface area contributed by atoms with E-state index in [0.717, 1.165) is 0 Å². The van der Waals surface area contributed by atoms with Crippen molar-refractivity contribution < 1.29 is 14.3 Å². The highest BCUT2D eigenvalue weighted by Gasteiger charge is 2.18. The lowest BCUT2D eigenvalue weighted by molar-refractivity contribution is -0.137. The molecule has 2 rings (SSSR count). The summed E-state index contributed by atoms with van der Waals surface area (Å²) in [6.45, 7) is 2.28. The Morgan fingerprint density at radius 3 is 2.79 bits per heavy atom. The molecule has 0 bridgehead atoms. The molecular formula is C12H14BrClN2O3. The van der Waals surface area contributed by atoms with E-state index >= 15 is 0 Å². The maximum atomic E-state index is 11.9. The van der Waals surface area contributed by atoms with E-state index in [4.69, 9.17) is 26.8 Å². The predicted octanol–water partition coefficient (Wildman–Crippen LogP) is 1.92. The van der Waals surface area contributed by atoms with E-state index in [2.05, 4.69) is 15.9 Å². The van der Waals surface area contributed by atoms with Crippen LogP contribution in [0.2, 0.25) is 5.02 Å². The fraction of sp³-hybridized carbons (Fsp3) is 0.417. The Morgan fingerprint density at radius 2 is 2.16 bits per heavy atom. The number of benzene rings is 1. The fourth-order valence-electron chi connectivity index (χ4n) is 1.77. The van der Waals surface area contributed by atoms with Crippen molar-refractivity contribution in [2.75, 3.05) is 38.6 Å². The third-order valence-electron chi connectivity index (χ3n) is 2.74. The molecule has 0 radical (unpaired) electrons. The highest BCUT2D eigenvalue weighted by molar-refractivity contribution is 9.10. The first-order valence-electron chi connectivity index (χ1n) is 5.81. The second kappa shape index (κ2) is 6.45. The normalized spacial score (nSPS) is 15.4. The van der Waals surface area contributed by atoms with Crippen LogP contribution >= 0.6 is 27.5 Å². The van der Waals surface area contributed by atoms with Crippen LogP contribution in [0.15, 0.2) is 16.6 Å². The van der Waals surface area contributed by atoms with Gasteiger partial charge in [-0.05, 0) is 28.1 Å². The number of nitrogens with zero attached hydrogens (tertiary/aromatic N) is 1. The summed E-state index contributed by atoms with van der Waals surface area (Å²) in [5.41, 5.74) is 6.20. The first-order chi connectivity index (χ1) is 9.08. The van der Waals surface area contributed by atoms with Crippen LogP contribution in [0.5, 0.6) is 5.75 Å². The number of ether oxygens (including phenoxy) is 2. The zero-order chi connectivity index (χ0) is 13.8. The zero-order valence-electron chi connectivity index (χ0n) is 10.2. The smallest absolute Gasteiger partial charge is 0.260 e. The largest absolute Gasteiger partial charge is 0.480 e. The number of amides is 1. The minimum Gasteiger partial charge on any atom is -0.480 e. The van der Waals surface area contributed by atoms with Crippen molar-refractivity contribution in [2.24, 2.45) is 0 Å². The number of anilines is 1. The molecule has 1 aliphatic heterocycles. The molecular weight excluding hydrogens is 336 g/mol. The third kappa shape index (κ3) is 3.75. The van der Waals surface area contributed by atoms with Gasteiger partial charge in [-0.1, -0.05) is 11.6 Å². The monoisotopic (exact) mass is 348 g/mol. The van der Waals surface area contributed by atoms with Gasteiger partial charge in [0.05, 0.1) is 23.4 Å². The summed E-state index contributed by atoms with van der Waals surface area (Å²) < 4.78 is 11.3. The molecule has 1 aromatic rings. The van der Waals surface area contributed by atoms with Crippen LogP contribution in [0.1, 0.15) is 0 Å². The van der Waals surface area contributed by atoms with E-state index in [1.54, 1.807) is 17.0 Å². The number of hydrogen-bond acceptors (Lipinski definition) is 4.